The molecular formula is C17H23BFNO3. The largest absolute Gasteiger partial charge is 0.444 e. The van der Waals surface area contributed by atoms with Crippen molar-refractivity contribution < 1.29 is 18.7 Å². The lowest BCUT2D eigenvalue weighted by Gasteiger charge is -2.34. The van der Waals surface area contributed by atoms with E-state index in [1.165, 1.54) is 4.90 Å². The minimum atomic E-state index is -0.967. The van der Waals surface area contributed by atoms with Gasteiger partial charge in [0.1, 0.15) is 32.0 Å². The lowest BCUT2D eigenvalue weighted by molar-refractivity contribution is -0.0797. The zero-order valence-electron chi connectivity index (χ0n) is 14.3. The van der Waals surface area contributed by atoms with Crippen molar-refractivity contribution in [2.45, 2.75) is 58.1 Å². The second-order valence-corrected chi connectivity index (χ2v) is 7.22. The maximum absolute atomic E-state index is 13.7. The van der Waals surface area contributed by atoms with Gasteiger partial charge in [-0.05, 0) is 40.2 Å². The molecule has 1 aromatic rings. The summed E-state index contributed by atoms with van der Waals surface area (Å²) in [6, 6.07) is 6.30. The summed E-state index contributed by atoms with van der Waals surface area (Å²) in [7, 11) is 5.69. The van der Waals surface area contributed by atoms with E-state index in [9.17, 15) is 9.18 Å². The molecule has 124 valence electrons. The Morgan fingerprint density at radius 2 is 1.91 bits per heavy atom. The summed E-state index contributed by atoms with van der Waals surface area (Å²) < 4.78 is 25.1. The molecule has 2 radical (unpaired) electrons. The molecule has 0 aliphatic carbocycles. The van der Waals surface area contributed by atoms with Gasteiger partial charge in [0.25, 0.3) is 0 Å². The van der Waals surface area contributed by atoms with Crippen molar-refractivity contribution in [1.82, 2.24) is 4.90 Å². The first-order valence-corrected chi connectivity index (χ1v) is 7.67. The van der Waals surface area contributed by atoms with Crippen LogP contribution in [0.25, 0.3) is 0 Å². The van der Waals surface area contributed by atoms with Crippen LogP contribution in [0.5, 0.6) is 0 Å². The van der Waals surface area contributed by atoms with Gasteiger partial charge in [-0.2, -0.15) is 0 Å². The third-order valence-electron chi connectivity index (χ3n) is 3.69. The molecule has 1 aromatic carbocycles. The fourth-order valence-electron chi connectivity index (χ4n) is 2.77. The zero-order chi connectivity index (χ0) is 17.4. The summed E-state index contributed by atoms with van der Waals surface area (Å²) in [4.78, 5) is 13.9. The topological polar surface area (TPSA) is 38.8 Å². The first kappa shape index (κ1) is 17.8. The van der Waals surface area contributed by atoms with Crippen molar-refractivity contribution in [3.8, 4) is 0 Å². The number of nitrogens with zero attached hydrogens (tertiary/aromatic N) is 1. The highest BCUT2D eigenvalue weighted by Gasteiger charge is 2.51. The number of carbonyl (C=O) groups excluding carboxylic acids is 1. The van der Waals surface area contributed by atoms with Gasteiger partial charge in [0.15, 0.2) is 0 Å². The standard InChI is InChI=1S/C17H23BFNO3/c1-16(2,3)23-15(21)20-13(10-19)14(22-17(20,4)5)11-6-8-12(18)9-7-11/h6-9,13-14H,10H2,1-5H3/t13-,14-/m1/s1. The van der Waals surface area contributed by atoms with Crippen LogP contribution in [-0.2, 0) is 9.47 Å². The predicted octanol–water partition coefficient (Wildman–Crippen LogP) is 2.86. The number of alkyl halides is 1. The molecule has 1 aliphatic rings. The maximum Gasteiger partial charge on any atom is 0.413 e. The van der Waals surface area contributed by atoms with Crippen LogP contribution in [0.2, 0.25) is 0 Å². The van der Waals surface area contributed by atoms with Crippen LogP contribution in [0.15, 0.2) is 24.3 Å². The number of amides is 1. The highest BCUT2D eigenvalue weighted by molar-refractivity contribution is 6.32. The number of rotatable bonds is 2. The lowest BCUT2D eigenvalue weighted by Crippen LogP contribution is -2.50. The van der Waals surface area contributed by atoms with Crippen LogP contribution < -0.4 is 5.46 Å². The Labute approximate surface area is 138 Å². The summed E-state index contributed by atoms with van der Waals surface area (Å²) in [5.41, 5.74) is -0.230. The molecule has 1 aliphatic heterocycles. The molecule has 0 bridgehead atoms. The molecule has 1 heterocycles. The van der Waals surface area contributed by atoms with Crippen molar-refractivity contribution >= 4 is 19.4 Å². The summed E-state index contributed by atoms with van der Waals surface area (Å²) in [6.07, 6.45) is -1.15. The average molecular weight is 319 g/mol. The zero-order valence-corrected chi connectivity index (χ0v) is 14.3. The van der Waals surface area contributed by atoms with E-state index >= 15 is 0 Å². The first-order chi connectivity index (χ1) is 10.5. The van der Waals surface area contributed by atoms with E-state index in [0.717, 1.165) is 5.56 Å². The van der Waals surface area contributed by atoms with Crippen molar-refractivity contribution in [2.24, 2.45) is 0 Å². The van der Waals surface area contributed by atoms with Crippen molar-refractivity contribution in [2.75, 3.05) is 6.67 Å². The van der Waals surface area contributed by atoms with Crippen LogP contribution in [-0.4, -0.2) is 42.9 Å². The van der Waals surface area contributed by atoms with Crippen molar-refractivity contribution in [3.63, 3.8) is 0 Å². The van der Waals surface area contributed by atoms with Gasteiger partial charge in [-0.1, -0.05) is 29.7 Å². The van der Waals surface area contributed by atoms with Gasteiger partial charge in [-0.3, -0.25) is 4.90 Å². The van der Waals surface area contributed by atoms with E-state index in [2.05, 4.69) is 0 Å². The maximum atomic E-state index is 13.7. The molecule has 6 heteroatoms. The molecule has 0 spiro atoms. The summed E-state index contributed by atoms with van der Waals surface area (Å²) in [5, 5.41) is 0. The van der Waals surface area contributed by atoms with Crippen LogP contribution in [0, 0.1) is 0 Å². The second-order valence-electron chi connectivity index (χ2n) is 7.22. The number of hydrogen-bond acceptors (Lipinski definition) is 3. The SMILES string of the molecule is [B]c1ccc([C@H]2OC(C)(C)N(C(=O)OC(C)(C)C)[C@@H]2CF)cc1. The Balaban J connectivity index is 2.32. The third kappa shape index (κ3) is 3.86. The normalized spacial score (nSPS) is 23.8. The van der Waals surface area contributed by atoms with E-state index in [0.29, 0.717) is 5.46 Å². The van der Waals surface area contributed by atoms with Gasteiger partial charge in [0, 0.05) is 0 Å². The molecule has 2 atom stereocenters. The fourth-order valence-corrected chi connectivity index (χ4v) is 2.77. The van der Waals surface area contributed by atoms with Gasteiger partial charge in [-0.15, -0.1) is 0 Å². The lowest BCUT2D eigenvalue weighted by atomic mass is 9.93. The highest BCUT2D eigenvalue weighted by Crippen LogP contribution is 2.41. The molecule has 0 aromatic heterocycles. The third-order valence-corrected chi connectivity index (χ3v) is 3.69. The number of halogens is 1. The quantitative estimate of drug-likeness (QED) is 0.787. The van der Waals surface area contributed by atoms with Gasteiger partial charge < -0.3 is 9.47 Å². The van der Waals surface area contributed by atoms with Crippen molar-refractivity contribution in [1.29, 1.82) is 0 Å². The molecule has 1 saturated heterocycles. The molecule has 0 unspecified atom stereocenters. The van der Waals surface area contributed by atoms with E-state index in [4.69, 9.17) is 17.3 Å². The van der Waals surface area contributed by atoms with Crippen LogP contribution >= 0.6 is 0 Å². The smallest absolute Gasteiger partial charge is 0.413 e. The number of ether oxygens (including phenoxy) is 2. The minimum absolute atomic E-state index is 0.567. The summed E-state index contributed by atoms with van der Waals surface area (Å²) in [5.74, 6) is 0. The molecule has 23 heavy (non-hydrogen) atoms. The Kier molecular flexibility index (Phi) is 4.76. The molecule has 1 fully saturated rings. The predicted molar refractivity (Wildman–Crippen MR) is 87.6 cm³/mol. The second kappa shape index (κ2) is 6.15. The monoisotopic (exact) mass is 319 g/mol. The Morgan fingerprint density at radius 1 is 1.35 bits per heavy atom. The van der Waals surface area contributed by atoms with E-state index in [-0.39, 0.29) is 0 Å². The van der Waals surface area contributed by atoms with E-state index < -0.39 is 36.2 Å². The van der Waals surface area contributed by atoms with Crippen molar-refractivity contribution in [3.05, 3.63) is 29.8 Å². The van der Waals surface area contributed by atoms with Crippen LogP contribution in [0.3, 0.4) is 0 Å². The molecule has 2 rings (SSSR count). The van der Waals surface area contributed by atoms with Gasteiger partial charge in [0.05, 0.1) is 6.04 Å². The Hall–Kier alpha value is -1.56. The van der Waals surface area contributed by atoms with E-state index in [1.54, 1.807) is 58.9 Å². The highest BCUT2D eigenvalue weighted by atomic mass is 19.1. The Bertz CT molecular complexity index is 568. The summed E-state index contributed by atoms with van der Waals surface area (Å²) >= 11 is 0. The molecule has 4 nitrogen and oxygen atoms in total. The number of benzene rings is 1. The molecule has 0 N–H and O–H groups in total. The van der Waals surface area contributed by atoms with Gasteiger partial charge in [-0.25, -0.2) is 9.18 Å². The molecule has 0 saturated carbocycles. The average Bonchev–Trinajstić information content (AvgIpc) is 2.68. The van der Waals surface area contributed by atoms with Crippen LogP contribution in [0.4, 0.5) is 9.18 Å². The van der Waals surface area contributed by atoms with E-state index in [1.807, 2.05) is 0 Å². The Morgan fingerprint density at radius 3 is 2.39 bits per heavy atom. The first-order valence-electron chi connectivity index (χ1n) is 7.67. The van der Waals surface area contributed by atoms with Gasteiger partial charge >= 0.3 is 6.09 Å². The molecule has 1 amide bonds. The fraction of sp³-hybridized carbons (Fsp3) is 0.588. The number of carbonyl (C=O) groups is 1. The molecular weight excluding hydrogens is 296 g/mol. The number of hydrogen-bond donors (Lipinski definition) is 0. The van der Waals surface area contributed by atoms with Gasteiger partial charge in [0.2, 0.25) is 0 Å². The minimum Gasteiger partial charge on any atom is -0.444 e. The van der Waals surface area contributed by atoms with Crippen LogP contribution in [0.1, 0.15) is 46.3 Å². The summed E-state index contributed by atoms with van der Waals surface area (Å²) in [6.45, 7) is 8.07.